The van der Waals surface area contributed by atoms with E-state index in [1.807, 2.05) is 0 Å². The van der Waals surface area contributed by atoms with E-state index in [1.54, 1.807) is 24.3 Å². The minimum Gasteiger partial charge on any atom is -0.381 e. The first-order valence-corrected chi connectivity index (χ1v) is 5.73. The van der Waals surface area contributed by atoms with Gasteiger partial charge >= 0.3 is 0 Å². The predicted molar refractivity (Wildman–Crippen MR) is 66.5 cm³/mol. The summed E-state index contributed by atoms with van der Waals surface area (Å²) in [5.74, 6) is -1.29. The Labute approximate surface area is 109 Å². The van der Waals surface area contributed by atoms with Crippen molar-refractivity contribution in [2.45, 2.75) is 12.5 Å². The Morgan fingerprint density at radius 1 is 1.06 bits per heavy atom. The zero-order valence-electron chi connectivity index (χ0n) is 9.62. The largest absolute Gasteiger partial charge is 0.381 e. The normalized spacial score (nSPS) is 14.3. The second kappa shape index (κ2) is 4.67. The molecule has 0 bridgehead atoms. The Bertz CT molecular complexity index is 582. The van der Waals surface area contributed by atoms with Crippen molar-refractivity contribution < 1.29 is 13.9 Å². The van der Waals surface area contributed by atoms with Crippen molar-refractivity contribution in [1.82, 2.24) is 0 Å². The third-order valence-electron chi connectivity index (χ3n) is 2.85. The van der Waals surface area contributed by atoms with E-state index in [0.717, 1.165) is 18.2 Å². The maximum absolute atomic E-state index is 13.7. The molecule has 2 aromatic carbocycles. The van der Waals surface area contributed by atoms with Crippen LogP contribution in [0, 0.1) is 11.6 Å². The fraction of sp³-hybridized carbons (Fsp3) is 0.143. The zero-order chi connectivity index (χ0) is 13.3. The Kier molecular flexibility index (Phi) is 3.37. The Balaban J connectivity index is 2.61. The molecule has 0 amide bonds. The van der Waals surface area contributed by atoms with Crippen molar-refractivity contribution in [2.75, 3.05) is 0 Å². The van der Waals surface area contributed by atoms with Gasteiger partial charge in [-0.2, -0.15) is 0 Å². The Morgan fingerprint density at radius 3 is 2.39 bits per heavy atom. The summed E-state index contributed by atoms with van der Waals surface area (Å²) in [6, 6.07) is 9.49. The number of benzene rings is 2. The van der Waals surface area contributed by atoms with Crippen molar-refractivity contribution in [3.05, 3.63) is 70.2 Å². The fourth-order valence-electron chi connectivity index (χ4n) is 1.87. The van der Waals surface area contributed by atoms with Crippen molar-refractivity contribution in [3.63, 3.8) is 0 Å². The molecule has 0 aromatic heterocycles. The number of halogens is 3. The van der Waals surface area contributed by atoms with E-state index in [1.165, 1.54) is 6.92 Å². The first kappa shape index (κ1) is 13.0. The molecule has 1 atom stereocenters. The van der Waals surface area contributed by atoms with Gasteiger partial charge in [0.15, 0.2) is 0 Å². The van der Waals surface area contributed by atoms with E-state index in [-0.39, 0.29) is 5.56 Å². The molecule has 18 heavy (non-hydrogen) atoms. The van der Waals surface area contributed by atoms with Crippen molar-refractivity contribution in [1.29, 1.82) is 0 Å². The lowest BCUT2D eigenvalue weighted by molar-refractivity contribution is 0.0976. The highest BCUT2D eigenvalue weighted by Crippen LogP contribution is 2.35. The molecule has 0 saturated heterocycles. The fourth-order valence-corrected chi connectivity index (χ4v) is 2.19. The highest BCUT2D eigenvalue weighted by Gasteiger charge is 2.31. The quantitative estimate of drug-likeness (QED) is 0.876. The van der Waals surface area contributed by atoms with E-state index < -0.39 is 17.2 Å². The van der Waals surface area contributed by atoms with Gasteiger partial charge in [0.05, 0.1) is 0 Å². The molecule has 0 radical (unpaired) electrons. The summed E-state index contributed by atoms with van der Waals surface area (Å²) in [5.41, 5.74) is -1.50. The molecular weight excluding hydrogens is 258 g/mol. The van der Waals surface area contributed by atoms with Gasteiger partial charge in [-0.1, -0.05) is 29.8 Å². The van der Waals surface area contributed by atoms with Crippen molar-refractivity contribution in [2.24, 2.45) is 0 Å². The van der Waals surface area contributed by atoms with Gasteiger partial charge in [-0.3, -0.25) is 0 Å². The standard InChI is InChI=1S/C14H11ClF2O/c1-14(18,10-4-2-3-5-12(10)15)11-8-9(16)6-7-13(11)17/h2-8,18H,1H3. The average Bonchev–Trinajstić information content (AvgIpc) is 2.32. The lowest BCUT2D eigenvalue weighted by atomic mass is 9.88. The summed E-state index contributed by atoms with van der Waals surface area (Å²) in [4.78, 5) is 0. The van der Waals surface area contributed by atoms with Gasteiger partial charge < -0.3 is 5.11 Å². The molecule has 1 unspecified atom stereocenters. The van der Waals surface area contributed by atoms with Crippen LogP contribution in [0.4, 0.5) is 8.78 Å². The summed E-state index contributed by atoms with van der Waals surface area (Å²) in [6.45, 7) is 1.38. The van der Waals surface area contributed by atoms with E-state index >= 15 is 0 Å². The zero-order valence-corrected chi connectivity index (χ0v) is 10.4. The van der Waals surface area contributed by atoms with E-state index in [0.29, 0.717) is 10.6 Å². The van der Waals surface area contributed by atoms with Crippen LogP contribution in [0.2, 0.25) is 5.02 Å². The molecule has 4 heteroatoms. The van der Waals surface area contributed by atoms with Gasteiger partial charge in [-0.05, 0) is 31.2 Å². The van der Waals surface area contributed by atoms with Crippen LogP contribution in [-0.2, 0) is 5.60 Å². The molecule has 94 valence electrons. The molecule has 1 N–H and O–H groups in total. The summed E-state index contributed by atoms with van der Waals surface area (Å²) in [6.07, 6.45) is 0. The van der Waals surface area contributed by atoms with Gasteiger partial charge in [0, 0.05) is 16.1 Å². The molecule has 0 spiro atoms. The second-order valence-corrected chi connectivity index (χ2v) is 4.58. The summed E-state index contributed by atoms with van der Waals surface area (Å²) in [5, 5.41) is 10.7. The first-order chi connectivity index (χ1) is 8.43. The summed E-state index contributed by atoms with van der Waals surface area (Å²) in [7, 11) is 0. The number of hydrogen-bond acceptors (Lipinski definition) is 1. The van der Waals surface area contributed by atoms with E-state index in [4.69, 9.17) is 11.6 Å². The van der Waals surface area contributed by atoms with Crippen LogP contribution in [0.15, 0.2) is 42.5 Å². The molecule has 0 aliphatic rings. The molecule has 0 fully saturated rings. The van der Waals surface area contributed by atoms with Gasteiger partial charge in [0.1, 0.15) is 17.2 Å². The third-order valence-corrected chi connectivity index (χ3v) is 3.18. The van der Waals surface area contributed by atoms with Gasteiger partial charge in [-0.25, -0.2) is 8.78 Å². The minimum absolute atomic E-state index is 0.143. The van der Waals surface area contributed by atoms with Gasteiger partial charge in [0.25, 0.3) is 0 Å². The molecule has 0 saturated carbocycles. The molecule has 0 aliphatic carbocycles. The second-order valence-electron chi connectivity index (χ2n) is 4.18. The SMILES string of the molecule is CC(O)(c1cc(F)ccc1F)c1ccccc1Cl. The highest BCUT2D eigenvalue weighted by atomic mass is 35.5. The van der Waals surface area contributed by atoms with Gasteiger partial charge in [-0.15, -0.1) is 0 Å². The smallest absolute Gasteiger partial charge is 0.129 e. The molecule has 2 aromatic rings. The van der Waals surface area contributed by atoms with E-state index in [9.17, 15) is 13.9 Å². The average molecular weight is 269 g/mol. The van der Waals surface area contributed by atoms with Crippen LogP contribution in [0.3, 0.4) is 0 Å². The Morgan fingerprint density at radius 2 is 1.72 bits per heavy atom. The molecule has 0 aliphatic heterocycles. The molecule has 0 heterocycles. The summed E-state index contributed by atoms with van der Waals surface area (Å²) < 4.78 is 26.9. The maximum atomic E-state index is 13.7. The maximum Gasteiger partial charge on any atom is 0.129 e. The lowest BCUT2D eigenvalue weighted by Gasteiger charge is -2.26. The number of aliphatic hydroxyl groups is 1. The highest BCUT2D eigenvalue weighted by molar-refractivity contribution is 6.31. The lowest BCUT2D eigenvalue weighted by Crippen LogP contribution is -2.25. The predicted octanol–water partition coefficient (Wildman–Crippen LogP) is 3.87. The van der Waals surface area contributed by atoms with Crippen LogP contribution in [0.25, 0.3) is 0 Å². The molecule has 2 rings (SSSR count). The molecule has 1 nitrogen and oxygen atoms in total. The molecular formula is C14H11ClF2O. The van der Waals surface area contributed by atoms with Crippen molar-refractivity contribution >= 4 is 11.6 Å². The van der Waals surface area contributed by atoms with E-state index in [2.05, 4.69) is 0 Å². The number of hydrogen-bond donors (Lipinski definition) is 1. The summed E-state index contributed by atoms with van der Waals surface area (Å²) >= 11 is 5.97. The van der Waals surface area contributed by atoms with Gasteiger partial charge in [0.2, 0.25) is 0 Å². The van der Waals surface area contributed by atoms with Crippen LogP contribution >= 0.6 is 11.6 Å². The first-order valence-electron chi connectivity index (χ1n) is 5.36. The van der Waals surface area contributed by atoms with Crippen molar-refractivity contribution in [3.8, 4) is 0 Å². The van der Waals surface area contributed by atoms with Crippen LogP contribution in [0.5, 0.6) is 0 Å². The Hall–Kier alpha value is -1.45. The van der Waals surface area contributed by atoms with Crippen LogP contribution in [0.1, 0.15) is 18.1 Å². The third kappa shape index (κ3) is 2.24. The topological polar surface area (TPSA) is 20.2 Å². The monoisotopic (exact) mass is 268 g/mol. The van der Waals surface area contributed by atoms with Crippen LogP contribution in [-0.4, -0.2) is 5.11 Å². The minimum atomic E-state index is -1.69. The van der Waals surface area contributed by atoms with Crippen LogP contribution < -0.4 is 0 Å². The number of rotatable bonds is 2.